The van der Waals surface area contributed by atoms with Gasteiger partial charge in [-0.25, -0.2) is 0 Å². The Hall–Kier alpha value is -2.27. The van der Waals surface area contributed by atoms with Gasteiger partial charge in [0.2, 0.25) is 11.8 Å². The maximum atomic E-state index is 13.5. The molecule has 2 heterocycles. The van der Waals surface area contributed by atoms with E-state index in [1.54, 1.807) is 11.8 Å². The van der Waals surface area contributed by atoms with Crippen molar-refractivity contribution in [2.75, 3.05) is 6.26 Å². The molecule has 0 bridgehead atoms. The molecule has 1 N–H and O–H groups in total. The van der Waals surface area contributed by atoms with Crippen LogP contribution >= 0.6 is 11.8 Å². The van der Waals surface area contributed by atoms with Gasteiger partial charge in [0.1, 0.15) is 0 Å². The summed E-state index contributed by atoms with van der Waals surface area (Å²) in [5.41, 5.74) is 2.17. The highest BCUT2D eigenvalue weighted by Gasteiger charge is 2.39. The van der Waals surface area contributed by atoms with Crippen LogP contribution in [0.25, 0.3) is 0 Å². The van der Waals surface area contributed by atoms with Gasteiger partial charge in [-0.2, -0.15) is 0 Å². The summed E-state index contributed by atoms with van der Waals surface area (Å²) in [6, 6.07) is 8.71. The Labute approximate surface area is 197 Å². The van der Waals surface area contributed by atoms with E-state index >= 15 is 0 Å². The third-order valence-corrected chi connectivity index (χ3v) is 7.42. The molecule has 5 heteroatoms. The largest absolute Gasteiger partial charge is 0.350 e. The van der Waals surface area contributed by atoms with Crippen molar-refractivity contribution in [3.8, 4) is 0 Å². The monoisotopic (exact) mass is 452 g/mol. The van der Waals surface area contributed by atoms with E-state index < -0.39 is 0 Å². The summed E-state index contributed by atoms with van der Waals surface area (Å²) in [6.07, 6.45) is 13.6. The molecule has 3 atom stereocenters. The van der Waals surface area contributed by atoms with Crippen LogP contribution in [0.2, 0.25) is 0 Å². The van der Waals surface area contributed by atoms with E-state index in [0.29, 0.717) is 19.3 Å². The first kappa shape index (κ1) is 24.4. The highest BCUT2D eigenvalue weighted by molar-refractivity contribution is 7.98. The van der Waals surface area contributed by atoms with Crippen molar-refractivity contribution in [2.45, 2.75) is 80.8 Å². The first-order valence-corrected chi connectivity index (χ1v) is 12.8. The first-order chi connectivity index (χ1) is 15.4. The normalized spacial score (nSPS) is 25.2. The maximum Gasteiger partial charge on any atom is 0.223 e. The molecule has 2 amide bonds. The predicted octanol–water partition coefficient (Wildman–Crippen LogP) is 5.45. The Morgan fingerprint density at radius 2 is 1.97 bits per heavy atom. The maximum absolute atomic E-state index is 13.5. The molecule has 2 aliphatic heterocycles. The number of nitrogens with zero attached hydrogens (tertiary/aromatic N) is 1. The van der Waals surface area contributed by atoms with Gasteiger partial charge in [-0.3, -0.25) is 9.59 Å². The number of rotatable bonds is 10. The van der Waals surface area contributed by atoms with Gasteiger partial charge in [-0.05, 0) is 69.4 Å². The van der Waals surface area contributed by atoms with Crippen LogP contribution < -0.4 is 5.32 Å². The lowest BCUT2D eigenvalue weighted by Crippen LogP contribution is -2.50. The van der Waals surface area contributed by atoms with Gasteiger partial charge in [0.15, 0.2) is 0 Å². The van der Waals surface area contributed by atoms with Crippen molar-refractivity contribution >= 4 is 23.6 Å². The second-order valence-electron chi connectivity index (χ2n) is 9.14. The van der Waals surface area contributed by atoms with Crippen molar-refractivity contribution in [1.29, 1.82) is 0 Å². The lowest BCUT2D eigenvalue weighted by Gasteiger charge is -2.41. The third kappa shape index (κ3) is 5.94. The van der Waals surface area contributed by atoms with Crippen molar-refractivity contribution in [3.63, 3.8) is 0 Å². The van der Waals surface area contributed by atoms with E-state index in [-0.39, 0.29) is 29.4 Å². The van der Waals surface area contributed by atoms with Crippen LogP contribution in [0.5, 0.6) is 0 Å². The van der Waals surface area contributed by atoms with Gasteiger partial charge >= 0.3 is 0 Å². The average molecular weight is 453 g/mol. The molecule has 1 aromatic rings. The number of carbonyl (C=O) groups excluding carboxylic acids is 2. The van der Waals surface area contributed by atoms with Crippen molar-refractivity contribution in [3.05, 3.63) is 66.8 Å². The predicted molar refractivity (Wildman–Crippen MR) is 134 cm³/mol. The Morgan fingerprint density at radius 1 is 1.25 bits per heavy atom. The van der Waals surface area contributed by atoms with Crippen LogP contribution in [0, 0.1) is 0 Å². The second-order valence-corrected chi connectivity index (χ2v) is 10.0. The highest BCUT2D eigenvalue weighted by atomic mass is 32.2. The van der Waals surface area contributed by atoms with Gasteiger partial charge < -0.3 is 10.2 Å². The summed E-state index contributed by atoms with van der Waals surface area (Å²) in [5, 5.41) is 3.22. The summed E-state index contributed by atoms with van der Waals surface area (Å²) in [5.74, 6) is 0.245. The van der Waals surface area contributed by atoms with E-state index in [1.165, 1.54) is 16.0 Å². The number of benzene rings is 1. The van der Waals surface area contributed by atoms with Crippen molar-refractivity contribution < 1.29 is 9.59 Å². The molecule has 1 saturated heterocycles. The fourth-order valence-electron chi connectivity index (χ4n) is 5.14. The summed E-state index contributed by atoms with van der Waals surface area (Å²) in [7, 11) is 0. The summed E-state index contributed by atoms with van der Waals surface area (Å²) >= 11 is 1.72. The number of hydrogen-bond donors (Lipinski definition) is 1. The molecule has 0 aromatic heterocycles. The summed E-state index contributed by atoms with van der Waals surface area (Å²) in [6.45, 7) is 9.94. The van der Waals surface area contributed by atoms with Crippen LogP contribution in [0.1, 0.15) is 57.4 Å². The lowest BCUT2D eigenvalue weighted by atomic mass is 9.84. The molecule has 4 nitrogen and oxygen atoms in total. The Balaban J connectivity index is 1.75. The minimum Gasteiger partial charge on any atom is -0.350 e. The van der Waals surface area contributed by atoms with E-state index in [2.05, 4.69) is 62.0 Å². The van der Waals surface area contributed by atoms with Gasteiger partial charge in [-0.1, -0.05) is 35.9 Å². The minimum atomic E-state index is -0.350. The molecule has 1 aromatic carbocycles. The standard InChI is InChI=1S/C27H36N2O2S/c1-5-7-22-17-20(3)18-23(8-6-2)29(22)26(31)14-16-27(15-13-25(30)28-27)19-21-9-11-24(32-4)12-10-21/h5-6,9-12,17,22-23H,1-2,7-8,13-16,18-19H2,3-4H3,(H,28,30)/t22-,23-,27?/m1/s1. The first-order valence-electron chi connectivity index (χ1n) is 11.5. The topological polar surface area (TPSA) is 49.4 Å². The van der Waals surface area contributed by atoms with Crippen LogP contribution in [-0.2, 0) is 16.0 Å². The smallest absolute Gasteiger partial charge is 0.223 e. The van der Waals surface area contributed by atoms with Crippen molar-refractivity contribution in [2.24, 2.45) is 0 Å². The van der Waals surface area contributed by atoms with Crippen LogP contribution in [-0.4, -0.2) is 40.6 Å². The van der Waals surface area contributed by atoms with Gasteiger partial charge in [0, 0.05) is 29.3 Å². The minimum absolute atomic E-state index is 0.0481. The molecule has 1 fully saturated rings. The molecular weight excluding hydrogens is 416 g/mol. The van der Waals surface area contributed by atoms with Crippen LogP contribution in [0.3, 0.4) is 0 Å². The van der Waals surface area contributed by atoms with Crippen LogP contribution in [0.4, 0.5) is 0 Å². The fraction of sp³-hybridized carbons (Fsp3) is 0.481. The Morgan fingerprint density at radius 3 is 2.56 bits per heavy atom. The number of hydrogen-bond acceptors (Lipinski definition) is 3. The van der Waals surface area contributed by atoms with E-state index in [9.17, 15) is 9.59 Å². The molecule has 3 rings (SSSR count). The zero-order valence-electron chi connectivity index (χ0n) is 19.4. The fourth-order valence-corrected chi connectivity index (χ4v) is 5.55. The zero-order chi connectivity index (χ0) is 23.1. The number of thioether (sulfide) groups is 1. The van der Waals surface area contributed by atoms with E-state index in [1.807, 2.05) is 17.1 Å². The lowest BCUT2D eigenvalue weighted by molar-refractivity contribution is -0.136. The quantitative estimate of drug-likeness (QED) is 0.379. The molecule has 32 heavy (non-hydrogen) atoms. The molecule has 0 radical (unpaired) electrons. The average Bonchev–Trinajstić information content (AvgIpc) is 3.13. The summed E-state index contributed by atoms with van der Waals surface area (Å²) < 4.78 is 0. The molecule has 1 unspecified atom stereocenters. The molecule has 2 aliphatic rings. The van der Waals surface area contributed by atoms with E-state index in [4.69, 9.17) is 0 Å². The van der Waals surface area contributed by atoms with Gasteiger partial charge in [-0.15, -0.1) is 24.9 Å². The Bertz CT molecular complexity index is 876. The van der Waals surface area contributed by atoms with E-state index in [0.717, 1.165) is 32.1 Å². The van der Waals surface area contributed by atoms with Crippen LogP contribution in [0.15, 0.2) is 66.1 Å². The number of amides is 2. The molecule has 172 valence electrons. The highest BCUT2D eigenvalue weighted by Crippen LogP contribution is 2.33. The zero-order valence-corrected chi connectivity index (χ0v) is 20.3. The molecular formula is C27H36N2O2S. The second kappa shape index (κ2) is 11.0. The SMILES string of the molecule is C=CC[C@@H]1CC(C)=C[C@@H](CC=C)N1C(=O)CCC1(Cc2ccc(SC)cc2)CCC(=O)N1. The molecule has 0 aliphatic carbocycles. The third-order valence-electron chi connectivity index (χ3n) is 6.67. The Kier molecular flexibility index (Phi) is 8.41. The van der Waals surface area contributed by atoms with Crippen molar-refractivity contribution in [1.82, 2.24) is 10.2 Å². The summed E-state index contributed by atoms with van der Waals surface area (Å²) in [4.78, 5) is 28.9. The number of nitrogens with one attached hydrogen (secondary N) is 1. The van der Waals surface area contributed by atoms with Gasteiger partial charge in [0.25, 0.3) is 0 Å². The van der Waals surface area contributed by atoms with Gasteiger partial charge in [0.05, 0.1) is 6.04 Å². The number of carbonyl (C=O) groups is 2. The molecule has 0 spiro atoms. The molecule has 0 saturated carbocycles.